The number of methoxy groups -OCH3 is 1. The fourth-order valence-corrected chi connectivity index (χ4v) is 1.84. The standard InChI is InChI=1S/C16H16N2O4/c1-22-14-5-3-2-4-11(14)10-17-15(20)16(21)18-12-6-8-13(19)9-7-12/h2-9,19H,10H2,1H3,(H,17,20)(H,18,21). The van der Waals surface area contributed by atoms with Gasteiger partial charge in [0.1, 0.15) is 11.5 Å². The molecule has 22 heavy (non-hydrogen) atoms. The maximum atomic E-state index is 11.8. The molecule has 0 atom stereocenters. The van der Waals surface area contributed by atoms with Gasteiger partial charge in [0.15, 0.2) is 0 Å². The van der Waals surface area contributed by atoms with Gasteiger partial charge in [-0.25, -0.2) is 0 Å². The Morgan fingerprint density at radius 3 is 2.41 bits per heavy atom. The van der Waals surface area contributed by atoms with Gasteiger partial charge in [-0.1, -0.05) is 18.2 Å². The van der Waals surface area contributed by atoms with Crippen LogP contribution in [0, 0.1) is 0 Å². The summed E-state index contributed by atoms with van der Waals surface area (Å²) in [7, 11) is 1.54. The van der Waals surface area contributed by atoms with Crippen LogP contribution in [0.3, 0.4) is 0 Å². The maximum absolute atomic E-state index is 11.8. The molecule has 0 heterocycles. The summed E-state index contributed by atoms with van der Waals surface area (Å²) in [6.07, 6.45) is 0. The fraction of sp³-hybridized carbons (Fsp3) is 0.125. The van der Waals surface area contributed by atoms with Crippen molar-refractivity contribution in [3.63, 3.8) is 0 Å². The molecule has 0 aliphatic carbocycles. The first-order valence-electron chi connectivity index (χ1n) is 6.60. The van der Waals surface area contributed by atoms with Gasteiger partial charge in [-0.2, -0.15) is 0 Å². The van der Waals surface area contributed by atoms with E-state index in [1.54, 1.807) is 12.1 Å². The second-order valence-electron chi connectivity index (χ2n) is 4.50. The molecule has 0 aliphatic rings. The Bertz CT molecular complexity index is 668. The van der Waals surface area contributed by atoms with Crippen molar-refractivity contribution >= 4 is 17.5 Å². The zero-order chi connectivity index (χ0) is 15.9. The van der Waals surface area contributed by atoms with E-state index >= 15 is 0 Å². The van der Waals surface area contributed by atoms with Gasteiger partial charge in [0.2, 0.25) is 0 Å². The number of ether oxygens (including phenoxy) is 1. The van der Waals surface area contributed by atoms with Crippen LogP contribution in [0.15, 0.2) is 48.5 Å². The number of carbonyl (C=O) groups excluding carboxylic acids is 2. The molecule has 2 aromatic carbocycles. The van der Waals surface area contributed by atoms with Gasteiger partial charge in [0.05, 0.1) is 7.11 Å². The van der Waals surface area contributed by atoms with Crippen LogP contribution < -0.4 is 15.4 Å². The topological polar surface area (TPSA) is 87.7 Å². The minimum absolute atomic E-state index is 0.0821. The van der Waals surface area contributed by atoms with Crippen LogP contribution in [0.5, 0.6) is 11.5 Å². The third-order valence-corrected chi connectivity index (χ3v) is 2.96. The van der Waals surface area contributed by atoms with Crippen molar-refractivity contribution in [3.8, 4) is 11.5 Å². The summed E-state index contributed by atoms with van der Waals surface area (Å²) in [5, 5.41) is 14.1. The number of hydrogen-bond acceptors (Lipinski definition) is 4. The summed E-state index contributed by atoms with van der Waals surface area (Å²) in [4.78, 5) is 23.5. The van der Waals surface area contributed by atoms with Gasteiger partial charge in [0.25, 0.3) is 0 Å². The molecule has 0 unspecified atom stereocenters. The first-order valence-corrected chi connectivity index (χ1v) is 6.60. The normalized spacial score (nSPS) is 9.86. The van der Waals surface area contributed by atoms with Crippen LogP contribution in [0.25, 0.3) is 0 Å². The Hall–Kier alpha value is -3.02. The largest absolute Gasteiger partial charge is 0.508 e. The van der Waals surface area contributed by atoms with Crippen LogP contribution in [0.4, 0.5) is 5.69 Å². The first-order chi connectivity index (χ1) is 10.6. The number of anilines is 1. The zero-order valence-corrected chi connectivity index (χ0v) is 12.0. The second-order valence-corrected chi connectivity index (χ2v) is 4.50. The Morgan fingerprint density at radius 2 is 1.73 bits per heavy atom. The lowest BCUT2D eigenvalue weighted by atomic mass is 10.2. The maximum Gasteiger partial charge on any atom is 0.313 e. The predicted molar refractivity (Wildman–Crippen MR) is 81.6 cm³/mol. The van der Waals surface area contributed by atoms with Gasteiger partial charge in [-0.3, -0.25) is 9.59 Å². The summed E-state index contributed by atoms with van der Waals surface area (Å²) < 4.78 is 5.17. The molecular weight excluding hydrogens is 284 g/mol. The molecule has 0 aromatic heterocycles. The van der Waals surface area contributed by atoms with E-state index in [0.717, 1.165) is 5.56 Å². The van der Waals surface area contributed by atoms with Crippen molar-refractivity contribution in [2.45, 2.75) is 6.54 Å². The molecule has 3 N–H and O–H groups in total. The molecule has 2 amide bonds. The molecule has 0 radical (unpaired) electrons. The number of benzene rings is 2. The Balaban J connectivity index is 1.91. The van der Waals surface area contributed by atoms with Crippen molar-refractivity contribution < 1.29 is 19.4 Å². The van der Waals surface area contributed by atoms with Crippen molar-refractivity contribution in [3.05, 3.63) is 54.1 Å². The Morgan fingerprint density at radius 1 is 1.05 bits per heavy atom. The summed E-state index contributed by atoms with van der Waals surface area (Å²) in [5.74, 6) is -0.806. The fourth-order valence-electron chi connectivity index (χ4n) is 1.84. The number of hydrogen-bond donors (Lipinski definition) is 3. The quantitative estimate of drug-likeness (QED) is 0.592. The highest BCUT2D eigenvalue weighted by atomic mass is 16.5. The lowest BCUT2D eigenvalue weighted by Gasteiger charge is -2.09. The molecule has 2 rings (SSSR count). The van der Waals surface area contributed by atoms with Gasteiger partial charge >= 0.3 is 11.8 Å². The molecule has 0 spiro atoms. The lowest BCUT2D eigenvalue weighted by molar-refractivity contribution is -0.136. The molecule has 0 bridgehead atoms. The van der Waals surface area contributed by atoms with Crippen LogP contribution in [0.2, 0.25) is 0 Å². The smallest absolute Gasteiger partial charge is 0.313 e. The molecule has 6 nitrogen and oxygen atoms in total. The number of rotatable bonds is 4. The van der Waals surface area contributed by atoms with Crippen molar-refractivity contribution in [1.82, 2.24) is 5.32 Å². The number of nitrogens with one attached hydrogen (secondary N) is 2. The van der Waals surface area contributed by atoms with Gasteiger partial charge in [-0.05, 0) is 30.3 Å². The van der Waals surface area contributed by atoms with Gasteiger partial charge < -0.3 is 20.5 Å². The van der Waals surface area contributed by atoms with Crippen LogP contribution >= 0.6 is 0 Å². The van der Waals surface area contributed by atoms with Gasteiger partial charge in [0, 0.05) is 17.8 Å². The van der Waals surface area contributed by atoms with Crippen molar-refractivity contribution in [1.29, 1.82) is 0 Å². The van der Waals surface area contributed by atoms with Crippen molar-refractivity contribution in [2.24, 2.45) is 0 Å². The second kappa shape index (κ2) is 7.12. The summed E-state index contributed by atoms with van der Waals surface area (Å²) in [6.45, 7) is 0.186. The number of amides is 2. The van der Waals surface area contributed by atoms with Crippen LogP contribution in [-0.4, -0.2) is 24.0 Å². The molecule has 2 aromatic rings. The minimum atomic E-state index is -0.777. The van der Waals surface area contributed by atoms with Crippen molar-refractivity contribution in [2.75, 3.05) is 12.4 Å². The zero-order valence-electron chi connectivity index (χ0n) is 12.0. The molecule has 0 fully saturated rings. The number of phenolic OH excluding ortho intramolecular Hbond substituents is 1. The molecule has 6 heteroatoms. The van der Waals surface area contributed by atoms with E-state index in [-0.39, 0.29) is 12.3 Å². The summed E-state index contributed by atoms with van der Waals surface area (Å²) in [6, 6.07) is 13.1. The molecule has 0 saturated heterocycles. The molecular formula is C16H16N2O4. The molecule has 114 valence electrons. The first kappa shape index (κ1) is 15.4. The monoisotopic (exact) mass is 300 g/mol. The number of phenols is 1. The van der Waals surface area contributed by atoms with E-state index in [1.807, 2.05) is 12.1 Å². The SMILES string of the molecule is COc1ccccc1CNC(=O)C(=O)Nc1ccc(O)cc1. The average molecular weight is 300 g/mol. The van der Waals surface area contributed by atoms with Crippen LogP contribution in [-0.2, 0) is 16.1 Å². The summed E-state index contributed by atoms with van der Waals surface area (Å²) >= 11 is 0. The average Bonchev–Trinajstić information content (AvgIpc) is 2.54. The van der Waals surface area contributed by atoms with E-state index in [2.05, 4.69) is 10.6 Å². The highest BCUT2D eigenvalue weighted by Crippen LogP contribution is 2.17. The van der Waals surface area contributed by atoms with Crippen LogP contribution in [0.1, 0.15) is 5.56 Å². The number of carbonyl (C=O) groups is 2. The predicted octanol–water partition coefficient (Wildman–Crippen LogP) is 1.66. The highest BCUT2D eigenvalue weighted by Gasteiger charge is 2.14. The Labute approximate surface area is 127 Å². The Kier molecular flexibility index (Phi) is 4.98. The number of aromatic hydroxyl groups is 1. The minimum Gasteiger partial charge on any atom is -0.508 e. The summed E-state index contributed by atoms with van der Waals surface area (Å²) in [5.41, 5.74) is 1.20. The lowest BCUT2D eigenvalue weighted by Crippen LogP contribution is -2.35. The molecule has 0 aliphatic heterocycles. The number of para-hydroxylation sites is 1. The third kappa shape index (κ3) is 3.99. The van der Waals surface area contributed by atoms with E-state index in [0.29, 0.717) is 11.4 Å². The third-order valence-electron chi connectivity index (χ3n) is 2.96. The van der Waals surface area contributed by atoms with E-state index in [1.165, 1.54) is 31.4 Å². The van der Waals surface area contributed by atoms with E-state index in [9.17, 15) is 9.59 Å². The van der Waals surface area contributed by atoms with E-state index < -0.39 is 11.8 Å². The highest BCUT2D eigenvalue weighted by molar-refractivity contribution is 6.39. The van der Waals surface area contributed by atoms with Gasteiger partial charge in [-0.15, -0.1) is 0 Å². The van der Waals surface area contributed by atoms with E-state index in [4.69, 9.17) is 9.84 Å². The molecule has 0 saturated carbocycles.